The summed E-state index contributed by atoms with van der Waals surface area (Å²) < 4.78 is 5.46. The molecule has 0 aliphatic rings. The number of aldehydes is 1. The fraction of sp³-hybridized carbons (Fsp3) is 0.300. The highest BCUT2D eigenvalue weighted by Gasteiger charge is 2.19. The first-order valence-corrected chi connectivity index (χ1v) is 7.93. The highest BCUT2D eigenvalue weighted by Crippen LogP contribution is 2.17. The molecule has 0 radical (unpaired) electrons. The molecular weight excluding hydrogens is 302 g/mol. The molecule has 0 saturated carbocycles. The molecular formula is C20H23NO3. The Labute approximate surface area is 142 Å². The molecule has 0 aliphatic heterocycles. The van der Waals surface area contributed by atoms with Gasteiger partial charge in [-0.15, -0.1) is 0 Å². The van der Waals surface area contributed by atoms with Crippen molar-refractivity contribution in [3.63, 3.8) is 0 Å². The maximum absolute atomic E-state index is 11.7. The van der Waals surface area contributed by atoms with Crippen molar-refractivity contribution >= 4 is 12.2 Å². The highest BCUT2D eigenvalue weighted by molar-refractivity contribution is 5.82. The van der Waals surface area contributed by atoms with E-state index in [0.717, 1.165) is 6.42 Å². The Morgan fingerprint density at radius 3 is 2.42 bits per heavy atom. The number of hydrogen-bond donors (Lipinski definition) is 1. The van der Waals surface area contributed by atoms with Crippen LogP contribution in [0.2, 0.25) is 0 Å². The molecule has 126 valence electrons. The Hall–Kier alpha value is -2.62. The first-order valence-electron chi connectivity index (χ1n) is 7.93. The predicted molar refractivity (Wildman–Crippen MR) is 94.2 cm³/mol. The van der Waals surface area contributed by atoms with Crippen LogP contribution in [0.5, 0.6) is 5.75 Å². The second kappa shape index (κ2) is 7.77. The predicted octanol–water partition coefficient (Wildman–Crippen LogP) is 3.06. The molecule has 0 bridgehead atoms. The summed E-state index contributed by atoms with van der Waals surface area (Å²) in [6.07, 6.45) is 1.56. The lowest BCUT2D eigenvalue weighted by Gasteiger charge is -2.19. The molecule has 0 heterocycles. The second-order valence-electron chi connectivity index (χ2n) is 6.42. The molecule has 24 heavy (non-hydrogen) atoms. The Kier molecular flexibility index (Phi) is 5.74. The summed E-state index contributed by atoms with van der Waals surface area (Å²) in [5.41, 5.74) is 2.87. The average Bonchev–Trinajstić information content (AvgIpc) is 2.56. The average molecular weight is 325 g/mol. The maximum Gasteiger partial charge on any atom is 0.258 e. The van der Waals surface area contributed by atoms with Gasteiger partial charge in [-0.1, -0.05) is 36.4 Å². The van der Waals surface area contributed by atoms with Gasteiger partial charge in [-0.25, -0.2) is 0 Å². The van der Waals surface area contributed by atoms with Crippen molar-refractivity contribution < 1.29 is 14.3 Å². The number of carbonyl (C=O) groups is 2. The van der Waals surface area contributed by atoms with Gasteiger partial charge in [-0.3, -0.25) is 4.79 Å². The number of amides is 1. The van der Waals surface area contributed by atoms with Gasteiger partial charge in [-0.2, -0.15) is 0 Å². The number of benzene rings is 2. The first-order chi connectivity index (χ1) is 11.4. The van der Waals surface area contributed by atoms with E-state index in [9.17, 15) is 9.59 Å². The van der Waals surface area contributed by atoms with Crippen molar-refractivity contribution in [3.05, 3.63) is 65.2 Å². The normalized spacial score (nSPS) is 11.0. The molecule has 0 spiro atoms. The molecule has 2 rings (SSSR count). The Balaban J connectivity index is 1.89. The van der Waals surface area contributed by atoms with E-state index in [1.807, 2.05) is 36.4 Å². The lowest BCUT2D eigenvalue weighted by Crippen LogP contribution is -2.46. The Morgan fingerprint density at radius 2 is 1.79 bits per heavy atom. The zero-order valence-corrected chi connectivity index (χ0v) is 14.3. The molecule has 2 aromatic carbocycles. The largest absolute Gasteiger partial charge is 0.484 e. The van der Waals surface area contributed by atoms with Crippen LogP contribution in [0.15, 0.2) is 48.5 Å². The summed E-state index contributed by atoms with van der Waals surface area (Å²) >= 11 is 0. The summed E-state index contributed by atoms with van der Waals surface area (Å²) in [6, 6.07) is 16.0. The minimum absolute atomic E-state index is 0.117. The molecule has 0 saturated heterocycles. The van der Waals surface area contributed by atoms with E-state index in [4.69, 9.17) is 4.74 Å². The fourth-order valence-corrected chi connectivity index (χ4v) is 2.31. The molecule has 1 amide bonds. The smallest absolute Gasteiger partial charge is 0.258 e. The van der Waals surface area contributed by atoms with Crippen molar-refractivity contribution in [1.29, 1.82) is 0 Å². The van der Waals surface area contributed by atoms with E-state index in [-0.39, 0.29) is 12.5 Å². The van der Waals surface area contributed by atoms with Crippen LogP contribution >= 0.6 is 0 Å². The van der Waals surface area contributed by atoms with Crippen molar-refractivity contribution in [2.45, 2.75) is 32.7 Å². The minimum Gasteiger partial charge on any atom is -0.484 e. The number of ether oxygens (including phenoxy) is 1. The van der Waals surface area contributed by atoms with E-state index in [1.165, 1.54) is 16.7 Å². The number of carbonyl (C=O) groups excluding carboxylic acids is 2. The minimum atomic E-state index is -0.877. The fourth-order valence-electron chi connectivity index (χ4n) is 2.31. The van der Waals surface area contributed by atoms with E-state index >= 15 is 0 Å². The lowest BCUT2D eigenvalue weighted by atomic mass is 10.0. The van der Waals surface area contributed by atoms with E-state index in [1.54, 1.807) is 13.8 Å². The third-order valence-corrected chi connectivity index (χ3v) is 3.71. The Morgan fingerprint density at radius 1 is 1.12 bits per heavy atom. The number of rotatable bonds is 7. The van der Waals surface area contributed by atoms with E-state index in [2.05, 4.69) is 24.4 Å². The molecule has 0 aliphatic carbocycles. The standard InChI is InChI=1S/C20H23NO3/c1-15-6-4-5-7-17(15)12-16-8-10-18(11-9-16)24-13-19(23)21-20(2,3)14-22/h4-11,14H,12-13H2,1-3H3,(H,21,23). The number of hydrogen-bond acceptors (Lipinski definition) is 3. The van der Waals surface area contributed by atoms with Gasteiger partial charge in [0, 0.05) is 0 Å². The van der Waals surface area contributed by atoms with Gasteiger partial charge < -0.3 is 14.8 Å². The van der Waals surface area contributed by atoms with Crippen LogP contribution in [-0.4, -0.2) is 24.3 Å². The first kappa shape index (κ1) is 17.7. The molecule has 1 N–H and O–H groups in total. The SMILES string of the molecule is Cc1ccccc1Cc1ccc(OCC(=O)NC(C)(C)C=O)cc1. The summed E-state index contributed by atoms with van der Waals surface area (Å²) in [7, 11) is 0. The second-order valence-corrected chi connectivity index (χ2v) is 6.42. The highest BCUT2D eigenvalue weighted by atomic mass is 16.5. The number of nitrogens with one attached hydrogen (secondary N) is 1. The molecule has 0 atom stereocenters. The van der Waals surface area contributed by atoms with Gasteiger partial charge in [0.15, 0.2) is 6.61 Å². The monoisotopic (exact) mass is 325 g/mol. The summed E-state index contributed by atoms with van der Waals surface area (Å²) in [4.78, 5) is 22.5. The molecule has 2 aromatic rings. The van der Waals surface area contributed by atoms with Crippen LogP contribution in [-0.2, 0) is 16.0 Å². The Bertz CT molecular complexity index is 705. The van der Waals surface area contributed by atoms with Gasteiger partial charge >= 0.3 is 0 Å². The van der Waals surface area contributed by atoms with Crippen molar-refractivity contribution in [1.82, 2.24) is 5.32 Å². The van der Waals surface area contributed by atoms with Crippen molar-refractivity contribution in [2.75, 3.05) is 6.61 Å². The van der Waals surface area contributed by atoms with E-state index in [0.29, 0.717) is 12.0 Å². The van der Waals surface area contributed by atoms with Crippen LogP contribution in [0.4, 0.5) is 0 Å². The van der Waals surface area contributed by atoms with Crippen LogP contribution in [0.3, 0.4) is 0 Å². The van der Waals surface area contributed by atoms with Gasteiger partial charge in [0.25, 0.3) is 5.91 Å². The maximum atomic E-state index is 11.7. The summed E-state index contributed by atoms with van der Waals surface area (Å²) in [5, 5.41) is 2.59. The van der Waals surface area contributed by atoms with Crippen LogP contribution in [0, 0.1) is 6.92 Å². The topological polar surface area (TPSA) is 55.4 Å². The molecule has 4 heteroatoms. The number of aryl methyl sites for hydroxylation is 1. The zero-order valence-electron chi connectivity index (χ0n) is 14.3. The third kappa shape index (κ3) is 5.23. The van der Waals surface area contributed by atoms with Gasteiger partial charge in [-0.05, 0) is 56.0 Å². The van der Waals surface area contributed by atoms with Gasteiger partial charge in [0.1, 0.15) is 12.0 Å². The van der Waals surface area contributed by atoms with Crippen molar-refractivity contribution in [3.8, 4) is 5.75 Å². The lowest BCUT2D eigenvalue weighted by molar-refractivity contribution is -0.127. The van der Waals surface area contributed by atoms with Crippen molar-refractivity contribution in [2.24, 2.45) is 0 Å². The van der Waals surface area contributed by atoms with Crippen LogP contribution in [0.25, 0.3) is 0 Å². The molecule has 0 aromatic heterocycles. The summed E-state index contributed by atoms with van der Waals surface area (Å²) in [5.74, 6) is 0.304. The van der Waals surface area contributed by atoms with Gasteiger partial charge in [0.2, 0.25) is 0 Å². The molecule has 4 nitrogen and oxygen atoms in total. The summed E-state index contributed by atoms with van der Waals surface area (Å²) in [6.45, 7) is 5.26. The zero-order chi connectivity index (χ0) is 17.6. The van der Waals surface area contributed by atoms with Gasteiger partial charge in [0.05, 0.1) is 5.54 Å². The molecule has 0 fully saturated rings. The third-order valence-electron chi connectivity index (χ3n) is 3.71. The molecule has 0 unspecified atom stereocenters. The van der Waals surface area contributed by atoms with Crippen LogP contribution in [0.1, 0.15) is 30.5 Å². The van der Waals surface area contributed by atoms with E-state index < -0.39 is 5.54 Å². The quantitative estimate of drug-likeness (QED) is 0.796. The van der Waals surface area contributed by atoms with Crippen LogP contribution < -0.4 is 10.1 Å².